The topological polar surface area (TPSA) is 46.3 Å². The smallest absolute Gasteiger partial charge is 0.255 e. The lowest BCUT2D eigenvalue weighted by Gasteiger charge is -2.36. The maximum atomic E-state index is 12.3. The van der Waals surface area contributed by atoms with Crippen LogP contribution in [0, 0.1) is 6.92 Å². The molecule has 1 aliphatic rings. The normalized spacial score (nSPS) is 25.8. The Morgan fingerprint density at radius 1 is 1.56 bits per heavy atom. The highest BCUT2D eigenvalue weighted by Crippen LogP contribution is 2.22. The molecule has 4 heteroatoms. The molecule has 2 heterocycles. The van der Waals surface area contributed by atoms with Crippen molar-refractivity contribution in [2.45, 2.75) is 38.8 Å². The monoisotopic (exact) mass is 238 g/mol. The van der Waals surface area contributed by atoms with Gasteiger partial charge in [0, 0.05) is 24.0 Å². The van der Waals surface area contributed by atoms with Crippen LogP contribution in [-0.2, 0) is 0 Å². The molecular formula is C12H18N2OS. The maximum Gasteiger partial charge on any atom is 0.255 e. The molecule has 2 N–H and O–H groups in total. The average Bonchev–Trinajstić information content (AvgIpc) is 2.63. The van der Waals surface area contributed by atoms with E-state index in [1.54, 1.807) is 11.3 Å². The van der Waals surface area contributed by atoms with Gasteiger partial charge in [-0.25, -0.2) is 0 Å². The zero-order valence-electron chi connectivity index (χ0n) is 9.77. The van der Waals surface area contributed by atoms with Crippen molar-refractivity contribution in [2.75, 3.05) is 6.54 Å². The minimum atomic E-state index is 0.165. The molecule has 2 unspecified atom stereocenters. The second-order valence-electron chi connectivity index (χ2n) is 4.60. The molecule has 0 spiro atoms. The van der Waals surface area contributed by atoms with Gasteiger partial charge in [-0.2, -0.15) is 11.3 Å². The quantitative estimate of drug-likeness (QED) is 0.813. The predicted molar refractivity (Wildman–Crippen MR) is 66.8 cm³/mol. The maximum absolute atomic E-state index is 12.3. The Bertz CT molecular complexity index is 388. The third-order valence-corrected chi connectivity index (χ3v) is 4.12. The summed E-state index contributed by atoms with van der Waals surface area (Å²) in [6, 6.07) is 0.512. The number of hydrogen-bond donors (Lipinski definition) is 1. The first kappa shape index (κ1) is 11.6. The van der Waals surface area contributed by atoms with Crippen LogP contribution in [0.3, 0.4) is 0 Å². The van der Waals surface area contributed by atoms with Crippen molar-refractivity contribution in [1.82, 2.24) is 4.90 Å². The van der Waals surface area contributed by atoms with Crippen molar-refractivity contribution in [3.8, 4) is 0 Å². The molecule has 0 aromatic carbocycles. The Hall–Kier alpha value is -0.870. The number of thiophene rings is 1. The highest BCUT2D eigenvalue weighted by Gasteiger charge is 2.28. The zero-order chi connectivity index (χ0) is 11.7. The van der Waals surface area contributed by atoms with E-state index in [1.165, 1.54) is 0 Å². The van der Waals surface area contributed by atoms with Crippen molar-refractivity contribution in [2.24, 2.45) is 5.73 Å². The number of likely N-dealkylation sites (tertiary alicyclic amines) is 1. The largest absolute Gasteiger partial charge is 0.336 e. The van der Waals surface area contributed by atoms with E-state index in [0.717, 1.165) is 30.5 Å². The summed E-state index contributed by atoms with van der Waals surface area (Å²) < 4.78 is 0. The van der Waals surface area contributed by atoms with Gasteiger partial charge in [0.25, 0.3) is 5.91 Å². The average molecular weight is 238 g/mol. The van der Waals surface area contributed by atoms with Crippen LogP contribution in [-0.4, -0.2) is 29.4 Å². The zero-order valence-corrected chi connectivity index (χ0v) is 10.6. The third kappa shape index (κ3) is 2.13. The Morgan fingerprint density at radius 2 is 2.31 bits per heavy atom. The number of aryl methyl sites for hydroxylation is 1. The Labute approximate surface area is 100 Å². The van der Waals surface area contributed by atoms with E-state index >= 15 is 0 Å². The fourth-order valence-corrected chi connectivity index (χ4v) is 3.07. The van der Waals surface area contributed by atoms with Gasteiger partial charge < -0.3 is 10.6 Å². The number of rotatable bonds is 1. The van der Waals surface area contributed by atoms with Crippen LogP contribution in [0.15, 0.2) is 10.8 Å². The van der Waals surface area contributed by atoms with E-state index in [-0.39, 0.29) is 18.0 Å². The van der Waals surface area contributed by atoms with Gasteiger partial charge in [-0.1, -0.05) is 0 Å². The number of carbonyl (C=O) groups excluding carboxylic acids is 1. The summed E-state index contributed by atoms with van der Waals surface area (Å²) in [5.41, 5.74) is 7.83. The first-order valence-electron chi connectivity index (χ1n) is 5.69. The molecule has 0 radical (unpaired) electrons. The van der Waals surface area contributed by atoms with Crippen LogP contribution in [0.5, 0.6) is 0 Å². The summed E-state index contributed by atoms with van der Waals surface area (Å²) in [4.78, 5) is 14.2. The van der Waals surface area contributed by atoms with Crippen LogP contribution in [0.4, 0.5) is 0 Å². The highest BCUT2D eigenvalue weighted by atomic mass is 32.1. The first-order valence-corrected chi connectivity index (χ1v) is 6.63. The molecule has 1 amide bonds. The van der Waals surface area contributed by atoms with E-state index in [1.807, 2.05) is 22.6 Å². The Kier molecular flexibility index (Phi) is 3.30. The van der Waals surface area contributed by atoms with Crippen molar-refractivity contribution < 1.29 is 4.79 Å². The van der Waals surface area contributed by atoms with Crippen LogP contribution in [0.2, 0.25) is 0 Å². The SMILES string of the molecule is Cc1cscc1C(=O)N1CCC(N)CC1C. The second kappa shape index (κ2) is 4.55. The molecule has 0 saturated carbocycles. The van der Waals surface area contributed by atoms with Gasteiger partial charge in [0.15, 0.2) is 0 Å². The molecule has 1 fully saturated rings. The number of amides is 1. The van der Waals surface area contributed by atoms with Crippen molar-refractivity contribution in [3.63, 3.8) is 0 Å². The summed E-state index contributed by atoms with van der Waals surface area (Å²) >= 11 is 1.59. The fraction of sp³-hybridized carbons (Fsp3) is 0.583. The molecule has 88 valence electrons. The molecule has 16 heavy (non-hydrogen) atoms. The number of nitrogens with zero attached hydrogens (tertiary/aromatic N) is 1. The number of piperidine rings is 1. The number of carbonyl (C=O) groups is 1. The lowest BCUT2D eigenvalue weighted by molar-refractivity contribution is 0.0619. The van der Waals surface area contributed by atoms with Crippen LogP contribution >= 0.6 is 11.3 Å². The van der Waals surface area contributed by atoms with Gasteiger partial charge >= 0.3 is 0 Å². The van der Waals surface area contributed by atoms with Gasteiger partial charge in [0.05, 0.1) is 5.56 Å². The van der Waals surface area contributed by atoms with Crippen molar-refractivity contribution >= 4 is 17.2 Å². The number of hydrogen-bond acceptors (Lipinski definition) is 3. The van der Waals surface area contributed by atoms with Gasteiger partial charge in [-0.05, 0) is 37.6 Å². The summed E-state index contributed by atoms with van der Waals surface area (Å²) in [5, 5.41) is 3.96. The van der Waals surface area contributed by atoms with Crippen LogP contribution in [0.25, 0.3) is 0 Å². The summed E-state index contributed by atoms with van der Waals surface area (Å²) in [5.74, 6) is 0.165. The van der Waals surface area contributed by atoms with E-state index in [2.05, 4.69) is 6.92 Å². The first-order chi connectivity index (χ1) is 7.59. The predicted octanol–water partition coefficient (Wildman–Crippen LogP) is 2.01. The summed E-state index contributed by atoms with van der Waals surface area (Å²) in [7, 11) is 0. The minimum absolute atomic E-state index is 0.165. The summed E-state index contributed by atoms with van der Waals surface area (Å²) in [6.07, 6.45) is 1.83. The number of nitrogens with two attached hydrogens (primary N) is 1. The molecule has 2 atom stereocenters. The summed E-state index contributed by atoms with van der Waals surface area (Å²) in [6.45, 7) is 4.86. The molecule has 1 aromatic heterocycles. The van der Waals surface area contributed by atoms with Crippen molar-refractivity contribution in [3.05, 3.63) is 21.9 Å². The lowest BCUT2D eigenvalue weighted by Crippen LogP contribution is -2.48. The van der Waals surface area contributed by atoms with Gasteiger partial charge in [-0.15, -0.1) is 0 Å². The van der Waals surface area contributed by atoms with Gasteiger partial charge in [0.1, 0.15) is 0 Å². The molecule has 3 nitrogen and oxygen atoms in total. The Morgan fingerprint density at radius 3 is 2.88 bits per heavy atom. The Balaban J connectivity index is 2.14. The third-order valence-electron chi connectivity index (χ3n) is 3.26. The fourth-order valence-electron chi connectivity index (χ4n) is 2.24. The van der Waals surface area contributed by atoms with Gasteiger partial charge in [0.2, 0.25) is 0 Å². The second-order valence-corrected chi connectivity index (χ2v) is 5.34. The van der Waals surface area contributed by atoms with Crippen LogP contribution in [0.1, 0.15) is 35.7 Å². The van der Waals surface area contributed by atoms with E-state index in [4.69, 9.17) is 5.73 Å². The van der Waals surface area contributed by atoms with Gasteiger partial charge in [-0.3, -0.25) is 4.79 Å². The molecule has 0 aliphatic carbocycles. The standard InChI is InChI=1S/C12H18N2OS/c1-8-6-16-7-11(8)12(15)14-4-3-10(13)5-9(14)2/h6-7,9-10H,3-5,13H2,1-2H3. The molecule has 0 bridgehead atoms. The molecule has 2 rings (SSSR count). The van der Waals surface area contributed by atoms with Crippen LogP contribution < -0.4 is 5.73 Å². The van der Waals surface area contributed by atoms with E-state index in [9.17, 15) is 4.79 Å². The minimum Gasteiger partial charge on any atom is -0.336 e. The lowest BCUT2D eigenvalue weighted by atomic mass is 9.98. The molecule has 1 aromatic rings. The van der Waals surface area contributed by atoms with Crippen molar-refractivity contribution in [1.29, 1.82) is 0 Å². The molecular weight excluding hydrogens is 220 g/mol. The molecule has 1 aliphatic heterocycles. The molecule has 1 saturated heterocycles. The van der Waals surface area contributed by atoms with E-state index in [0.29, 0.717) is 0 Å². The highest BCUT2D eigenvalue weighted by molar-refractivity contribution is 7.08. The van der Waals surface area contributed by atoms with E-state index < -0.39 is 0 Å².